The number of halogens is 1. The highest BCUT2D eigenvalue weighted by molar-refractivity contribution is 5.43. The number of anilines is 1. The first kappa shape index (κ1) is 18.3. The number of aromatic nitrogens is 1. The molecule has 2 aliphatic rings. The summed E-state index contributed by atoms with van der Waals surface area (Å²) in [6.45, 7) is 5.48. The van der Waals surface area contributed by atoms with E-state index in [-0.39, 0.29) is 11.4 Å². The SMILES string of the molecule is Fc1cccc(NCC2COC3(COCCN(Cc4ccncc4)C3)C2)c1. The fraction of sp³-hybridized carbons (Fsp3) is 0.476. The van der Waals surface area contributed by atoms with Crippen LogP contribution in [-0.4, -0.2) is 54.9 Å². The van der Waals surface area contributed by atoms with Crippen molar-refractivity contribution in [2.45, 2.75) is 18.6 Å². The molecule has 1 N–H and O–H groups in total. The summed E-state index contributed by atoms with van der Waals surface area (Å²) < 4.78 is 25.5. The van der Waals surface area contributed by atoms with Crippen LogP contribution < -0.4 is 5.32 Å². The molecule has 0 aliphatic carbocycles. The predicted molar refractivity (Wildman–Crippen MR) is 102 cm³/mol. The zero-order chi connectivity index (χ0) is 18.5. The van der Waals surface area contributed by atoms with Crippen LogP contribution in [-0.2, 0) is 16.0 Å². The Labute approximate surface area is 159 Å². The van der Waals surface area contributed by atoms with E-state index < -0.39 is 0 Å². The number of ether oxygens (including phenoxy) is 2. The molecule has 0 amide bonds. The molecule has 27 heavy (non-hydrogen) atoms. The van der Waals surface area contributed by atoms with Gasteiger partial charge in [-0.05, 0) is 42.3 Å². The van der Waals surface area contributed by atoms with Crippen LogP contribution in [0.3, 0.4) is 0 Å². The molecule has 2 unspecified atom stereocenters. The Morgan fingerprint density at radius 1 is 1.26 bits per heavy atom. The molecule has 6 heteroatoms. The van der Waals surface area contributed by atoms with Gasteiger partial charge in [-0.15, -0.1) is 0 Å². The van der Waals surface area contributed by atoms with Gasteiger partial charge in [0.15, 0.2) is 0 Å². The van der Waals surface area contributed by atoms with Crippen LogP contribution >= 0.6 is 0 Å². The van der Waals surface area contributed by atoms with E-state index in [0.717, 1.165) is 44.9 Å². The number of benzene rings is 1. The van der Waals surface area contributed by atoms with Crippen molar-refractivity contribution in [3.8, 4) is 0 Å². The third kappa shape index (κ3) is 4.83. The van der Waals surface area contributed by atoms with Crippen molar-refractivity contribution in [2.24, 2.45) is 5.92 Å². The van der Waals surface area contributed by atoms with Crippen molar-refractivity contribution < 1.29 is 13.9 Å². The van der Waals surface area contributed by atoms with Crippen molar-refractivity contribution in [2.75, 3.05) is 44.8 Å². The van der Waals surface area contributed by atoms with Gasteiger partial charge in [0.2, 0.25) is 0 Å². The van der Waals surface area contributed by atoms with Gasteiger partial charge in [-0.25, -0.2) is 4.39 Å². The highest BCUT2D eigenvalue weighted by atomic mass is 19.1. The smallest absolute Gasteiger partial charge is 0.125 e. The van der Waals surface area contributed by atoms with Gasteiger partial charge in [0.25, 0.3) is 0 Å². The fourth-order valence-electron chi connectivity index (χ4n) is 4.01. The van der Waals surface area contributed by atoms with Crippen molar-refractivity contribution in [1.29, 1.82) is 0 Å². The predicted octanol–water partition coefficient (Wildman–Crippen LogP) is 2.94. The molecule has 2 fully saturated rings. The summed E-state index contributed by atoms with van der Waals surface area (Å²) in [6.07, 6.45) is 4.61. The van der Waals surface area contributed by atoms with E-state index in [0.29, 0.717) is 19.1 Å². The lowest BCUT2D eigenvalue weighted by atomic mass is 9.94. The Bertz CT molecular complexity index is 745. The molecule has 1 aromatic carbocycles. The number of nitrogens with one attached hydrogen (secondary N) is 1. The molecule has 144 valence electrons. The maximum absolute atomic E-state index is 13.3. The number of hydrogen-bond acceptors (Lipinski definition) is 5. The van der Waals surface area contributed by atoms with Crippen molar-refractivity contribution >= 4 is 5.69 Å². The van der Waals surface area contributed by atoms with Crippen LogP contribution in [0.4, 0.5) is 10.1 Å². The number of hydrogen-bond donors (Lipinski definition) is 1. The van der Waals surface area contributed by atoms with Crippen LogP contribution in [0.2, 0.25) is 0 Å². The van der Waals surface area contributed by atoms with Gasteiger partial charge in [-0.1, -0.05) is 6.07 Å². The Kier molecular flexibility index (Phi) is 5.66. The minimum absolute atomic E-state index is 0.219. The molecule has 0 bridgehead atoms. The molecule has 3 heterocycles. The molecular weight excluding hydrogens is 345 g/mol. The highest BCUT2D eigenvalue weighted by Gasteiger charge is 2.43. The second-order valence-electron chi connectivity index (χ2n) is 7.57. The largest absolute Gasteiger partial charge is 0.385 e. The average molecular weight is 371 g/mol. The van der Waals surface area contributed by atoms with Crippen LogP contribution in [0.1, 0.15) is 12.0 Å². The van der Waals surface area contributed by atoms with Gasteiger partial charge >= 0.3 is 0 Å². The number of pyridine rings is 1. The molecule has 4 rings (SSSR count). The summed E-state index contributed by atoms with van der Waals surface area (Å²) in [5.74, 6) is 0.167. The first-order valence-electron chi connectivity index (χ1n) is 9.53. The molecule has 1 aromatic heterocycles. The molecular formula is C21H26FN3O2. The highest BCUT2D eigenvalue weighted by Crippen LogP contribution is 2.33. The summed E-state index contributed by atoms with van der Waals surface area (Å²) in [4.78, 5) is 6.50. The lowest BCUT2D eigenvalue weighted by molar-refractivity contribution is -0.0562. The normalized spacial score (nSPS) is 26.2. The summed E-state index contributed by atoms with van der Waals surface area (Å²) >= 11 is 0. The van der Waals surface area contributed by atoms with Crippen LogP contribution in [0.15, 0.2) is 48.8 Å². The third-order valence-electron chi connectivity index (χ3n) is 5.29. The van der Waals surface area contributed by atoms with Crippen molar-refractivity contribution in [3.63, 3.8) is 0 Å². The lowest BCUT2D eigenvalue weighted by Crippen LogP contribution is -2.43. The standard InChI is InChI=1S/C21H26FN3O2/c22-19-2-1-3-20(10-19)24-12-18-11-21(27-14-18)15-25(8-9-26-16-21)13-17-4-6-23-7-5-17/h1-7,10,18,24H,8-9,11-16H2. The van der Waals surface area contributed by atoms with E-state index >= 15 is 0 Å². The Hall–Kier alpha value is -2.02. The maximum Gasteiger partial charge on any atom is 0.125 e. The first-order chi connectivity index (χ1) is 13.2. The Morgan fingerprint density at radius 3 is 3.00 bits per heavy atom. The van der Waals surface area contributed by atoms with Crippen LogP contribution in [0, 0.1) is 11.7 Å². The second-order valence-corrected chi connectivity index (χ2v) is 7.57. The monoisotopic (exact) mass is 371 g/mol. The third-order valence-corrected chi connectivity index (χ3v) is 5.29. The zero-order valence-corrected chi connectivity index (χ0v) is 15.4. The Balaban J connectivity index is 1.34. The van der Waals surface area contributed by atoms with E-state index in [9.17, 15) is 4.39 Å². The fourth-order valence-corrected chi connectivity index (χ4v) is 4.01. The Morgan fingerprint density at radius 2 is 2.15 bits per heavy atom. The van der Waals surface area contributed by atoms with E-state index in [1.165, 1.54) is 17.7 Å². The molecule has 2 atom stereocenters. The maximum atomic E-state index is 13.3. The van der Waals surface area contributed by atoms with Gasteiger partial charge in [0, 0.05) is 50.2 Å². The number of rotatable bonds is 5. The van der Waals surface area contributed by atoms with E-state index in [1.54, 1.807) is 6.07 Å². The van der Waals surface area contributed by atoms with Gasteiger partial charge in [-0.3, -0.25) is 9.88 Å². The van der Waals surface area contributed by atoms with E-state index in [4.69, 9.17) is 9.47 Å². The van der Waals surface area contributed by atoms with Crippen LogP contribution in [0.25, 0.3) is 0 Å². The quantitative estimate of drug-likeness (QED) is 0.876. The molecule has 1 spiro atoms. The first-order valence-corrected chi connectivity index (χ1v) is 9.53. The summed E-state index contributed by atoms with van der Waals surface area (Å²) in [5, 5.41) is 3.33. The van der Waals surface area contributed by atoms with Crippen molar-refractivity contribution in [1.82, 2.24) is 9.88 Å². The van der Waals surface area contributed by atoms with Crippen LogP contribution in [0.5, 0.6) is 0 Å². The zero-order valence-electron chi connectivity index (χ0n) is 15.4. The molecule has 0 radical (unpaired) electrons. The molecule has 0 saturated carbocycles. The molecule has 2 saturated heterocycles. The minimum atomic E-state index is -0.252. The lowest BCUT2D eigenvalue weighted by Gasteiger charge is -2.31. The van der Waals surface area contributed by atoms with Gasteiger partial charge in [0.05, 0.1) is 19.8 Å². The average Bonchev–Trinajstić information content (AvgIpc) is 2.96. The summed E-state index contributed by atoms with van der Waals surface area (Å²) in [6, 6.07) is 10.7. The summed E-state index contributed by atoms with van der Waals surface area (Å²) in [7, 11) is 0. The minimum Gasteiger partial charge on any atom is -0.385 e. The van der Waals surface area contributed by atoms with E-state index in [1.807, 2.05) is 18.5 Å². The van der Waals surface area contributed by atoms with E-state index in [2.05, 4.69) is 27.3 Å². The summed E-state index contributed by atoms with van der Waals surface area (Å²) in [5.41, 5.74) is 1.81. The molecule has 2 aromatic rings. The van der Waals surface area contributed by atoms with Gasteiger partial charge in [-0.2, -0.15) is 0 Å². The molecule has 2 aliphatic heterocycles. The van der Waals surface area contributed by atoms with Crippen molar-refractivity contribution in [3.05, 3.63) is 60.2 Å². The second kappa shape index (κ2) is 8.33. The number of nitrogens with zero attached hydrogens (tertiary/aromatic N) is 2. The van der Waals surface area contributed by atoms with Gasteiger partial charge in [0.1, 0.15) is 11.4 Å². The topological polar surface area (TPSA) is 46.6 Å². The van der Waals surface area contributed by atoms with Gasteiger partial charge < -0.3 is 14.8 Å². The molecule has 5 nitrogen and oxygen atoms in total.